The number of benzene rings is 1. The summed E-state index contributed by atoms with van der Waals surface area (Å²) in [6, 6.07) is 8.65. The quantitative estimate of drug-likeness (QED) is 0.620. The van der Waals surface area contributed by atoms with Crippen molar-refractivity contribution in [2.45, 2.75) is 32.9 Å². The highest BCUT2D eigenvalue weighted by atomic mass is 35.7. The van der Waals surface area contributed by atoms with E-state index >= 15 is 0 Å². The molecule has 0 aliphatic carbocycles. The fourth-order valence-electron chi connectivity index (χ4n) is 1.72. The summed E-state index contributed by atoms with van der Waals surface area (Å²) in [5, 5.41) is 1.39. The first-order chi connectivity index (χ1) is 7.39. The van der Waals surface area contributed by atoms with Crippen LogP contribution < -0.4 is 0 Å². The van der Waals surface area contributed by atoms with Crippen molar-refractivity contribution in [3.8, 4) is 0 Å². The fraction of sp³-hybridized carbons (Fsp3) is 0.385. The van der Waals surface area contributed by atoms with Gasteiger partial charge in [-0.1, -0.05) is 43.6 Å². The minimum absolute atomic E-state index is 0.119. The Balaban J connectivity index is 2.54. The summed E-state index contributed by atoms with van der Waals surface area (Å²) < 4.78 is 2.21. The highest BCUT2D eigenvalue weighted by molar-refractivity contribution is 7.84. The maximum Gasteiger partial charge on any atom is 0.0988 e. The molecule has 0 aliphatic rings. The molecule has 3 heteroatoms. The summed E-state index contributed by atoms with van der Waals surface area (Å²) in [4.78, 5) is 0. The van der Waals surface area contributed by atoms with E-state index in [2.05, 4.69) is 62.5 Å². The van der Waals surface area contributed by atoms with E-state index in [1.807, 2.05) is 0 Å². The van der Waals surface area contributed by atoms with Crippen LogP contribution in [-0.4, -0.2) is 9.49 Å². The van der Waals surface area contributed by atoms with Crippen LogP contribution in [0.15, 0.2) is 30.5 Å². The van der Waals surface area contributed by atoms with Crippen LogP contribution in [0.5, 0.6) is 0 Å². The van der Waals surface area contributed by atoms with Crippen LogP contribution in [0.3, 0.4) is 0 Å². The number of fused-ring (bicyclic) bond motifs is 1. The maximum atomic E-state index is 6.57. The molecule has 2 rings (SSSR count). The van der Waals surface area contributed by atoms with Gasteiger partial charge in [0.05, 0.1) is 12.9 Å². The molecule has 0 spiro atoms. The molecule has 0 saturated heterocycles. The van der Waals surface area contributed by atoms with Crippen molar-refractivity contribution < 1.29 is 0 Å². The van der Waals surface area contributed by atoms with Gasteiger partial charge in [0.15, 0.2) is 0 Å². The molecule has 0 bridgehead atoms. The average Bonchev–Trinajstić information content (AvgIpc) is 2.57. The number of hydrogen-bond acceptors (Lipinski definition) is 0. The molecule has 1 heterocycles. The second-order valence-corrected chi connectivity index (χ2v) is 8.41. The summed E-state index contributed by atoms with van der Waals surface area (Å²) in [5.74, 6) is 0. The molecule has 0 fully saturated rings. The zero-order chi connectivity index (χ0) is 11.9. The standard InChI is InChI=1S/C13H17ClNP/c1-10-5-6-12-11(9-10)7-8-15(12)16(14)13(2,3)4/h5-9H,1-4H3. The van der Waals surface area contributed by atoms with Gasteiger partial charge in [-0.3, -0.25) is 0 Å². The molecule has 1 nitrogen and oxygen atoms in total. The lowest BCUT2D eigenvalue weighted by Crippen LogP contribution is -2.12. The van der Waals surface area contributed by atoms with Gasteiger partial charge >= 0.3 is 0 Å². The van der Waals surface area contributed by atoms with Gasteiger partial charge in [-0.2, -0.15) is 0 Å². The highest BCUT2D eigenvalue weighted by Crippen LogP contribution is 2.56. The van der Waals surface area contributed by atoms with Gasteiger partial charge in [0.1, 0.15) is 0 Å². The molecule has 0 amide bonds. The molecular formula is C13H17ClNP. The van der Waals surface area contributed by atoms with E-state index < -0.39 is 7.43 Å². The van der Waals surface area contributed by atoms with Crippen LogP contribution in [0.4, 0.5) is 0 Å². The predicted molar refractivity (Wildman–Crippen MR) is 74.6 cm³/mol. The summed E-state index contributed by atoms with van der Waals surface area (Å²) >= 11 is 6.57. The first kappa shape index (κ1) is 12.0. The van der Waals surface area contributed by atoms with Crippen molar-refractivity contribution in [3.05, 3.63) is 36.0 Å². The molecule has 0 radical (unpaired) electrons. The summed E-state index contributed by atoms with van der Waals surface area (Å²) in [6.45, 7) is 8.67. The van der Waals surface area contributed by atoms with Crippen LogP contribution >= 0.6 is 18.7 Å². The first-order valence-corrected chi connectivity index (χ1v) is 7.63. The zero-order valence-electron chi connectivity index (χ0n) is 10.2. The Bertz CT molecular complexity index is 510. The van der Waals surface area contributed by atoms with E-state index in [4.69, 9.17) is 11.2 Å². The second kappa shape index (κ2) is 4.05. The van der Waals surface area contributed by atoms with Crippen LogP contribution in [0.1, 0.15) is 26.3 Å². The Hall–Kier alpha value is -0.520. The van der Waals surface area contributed by atoms with Crippen molar-refractivity contribution in [2.24, 2.45) is 0 Å². The molecule has 2 aromatic rings. The summed E-state index contributed by atoms with van der Waals surface area (Å²) in [7, 11) is -0.700. The number of aromatic nitrogens is 1. The number of rotatable bonds is 1. The molecule has 1 aromatic carbocycles. The van der Waals surface area contributed by atoms with Crippen LogP contribution in [0.2, 0.25) is 0 Å². The van der Waals surface area contributed by atoms with Crippen LogP contribution in [0.25, 0.3) is 10.9 Å². The maximum absolute atomic E-state index is 6.57. The molecule has 86 valence electrons. The molecule has 0 N–H and O–H groups in total. The number of nitrogens with zero attached hydrogens (tertiary/aromatic N) is 1. The van der Waals surface area contributed by atoms with Crippen molar-refractivity contribution in [2.75, 3.05) is 0 Å². The Morgan fingerprint density at radius 3 is 2.50 bits per heavy atom. The zero-order valence-corrected chi connectivity index (χ0v) is 11.8. The smallest absolute Gasteiger partial charge is 0.0988 e. The monoisotopic (exact) mass is 253 g/mol. The first-order valence-electron chi connectivity index (χ1n) is 5.43. The van der Waals surface area contributed by atoms with Crippen LogP contribution in [-0.2, 0) is 0 Å². The van der Waals surface area contributed by atoms with E-state index in [0.717, 1.165) is 0 Å². The average molecular weight is 254 g/mol. The highest BCUT2D eigenvalue weighted by Gasteiger charge is 2.25. The van der Waals surface area contributed by atoms with E-state index in [1.54, 1.807) is 0 Å². The topological polar surface area (TPSA) is 4.93 Å². The lowest BCUT2D eigenvalue weighted by Gasteiger charge is -2.26. The van der Waals surface area contributed by atoms with Gasteiger partial charge in [-0.15, -0.1) is 0 Å². The molecule has 1 unspecified atom stereocenters. The second-order valence-electron chi connectivity index (χ2n) is 5.15. The van der Waals surface area contributed by atoms with Gasteiger partial charge in [0.2, 0.25) is 0 Å². The lowest BCUT2D eigenvalue weighted by atomic mass is 10.2. The number of hydrogen-bond donors (Lipinski definition) is 0. The molecule has 16 heavy (non-hydrogen) atoms. The molecule has 1 atom stereocenters. The Morgan fingerprint density at radius 1 is 1.19 bits per heavy atom. The van der Waals surface area contributed by atoms with Gasteiger partial charge in [0, 0.05) is 16.7 Å². The lowest BCUT2D eigenvalue weighted by molar-refractivity contribution is 0.783. The van der Waals surface area contributed by atoms with Crippen molar-refractivity contribution in [1.29, 1.82) is 0 Å². The SMILES string of the molecule is Cc1ccc2c(ccn2P(Cl)C(C)(C)C)c1. The third-order valence-corrected chi connectivity index (χ3v) is 6.41. The molecule has 0 saturated carbocycles. The van der Waals surface area contributed by atoms with E-state index in [1.165, 1.54) is 16.5 Å². The third-order valence-electron chi connectivity index (χ3n) is 2.57. The minimum atomic E-state index is -0.700. The predicted octanol–water partition coefficient (Wildman–Crippen LogP) is 5.15. The van der Waals surface area contributed by atoms with Crippen molar-refractivity contribution in [3.63, 3.8) is 0 Å². The van der Waals surface area contributed by atoms with Crippen molar-refractivity contribution in [1.82, 2.24) is 4.34 Å². The minimum Gasteiger partial charge on any atom is -0.312 e. The third kappa shape index (κ3) is 2.12. The van der Waals surface area contributed by atoms with E-state index in [-0.39, 0.29) is 5.16 Å². The normalized spacial score (nSPS) is 14.3. The van der Waals surface area contributed by atoms with E-state index in [0.29, 0.717) is 0 Å². The Kier molecular flexibility index (Phi) is 3.03. The molecule has 0 aliphatic heterocycles. The van der Waals surface area contributed by atoms with Gasteiger partial charge in [-0.25, -0.2) is 0 Å². The van der Waals surface area contributed by atoms with Gasteiger partial charge in [0.25, 0.3) is 0 Å². The van der Waals surface area contributed by atoms with Gasteiger partial charge < -0.3 is 4.34 Å². The molecule has 1 aromatic heterocycles. The van der Waals surface area contributed by atoms with Crippen molar-refractivity contribution >= 4 is 29.6 Å². The summed E-state index contributed by atoms with van der Waals surface area (Å²) in [5.41, 5.74) is 2.53. The number of aryl methyl sites for hydroxylation is 1. The Labute approximate surface area is 103 Å². The molecular weight excluding hydrogens is 237 g/mol. The fourth-order valence-corrected chi connectivity index (χ4v) is 3.32. The summed E-state index contributed by atoms with van der Waals surface area (Å²) in [6.07, 6.45) is 2.11. The number of halogens is 1. The largest absolute Gasteiger partial charge is 0.312 e. The van der Waals surface area contributed by atoms with Crippen LogP contribution in [0, 0.1) is 6.92 Å². The van der Waals surface area contributed by atoms with Gasteiger partial charge in [-0.05, 0) is 25.1 Å². The Morgan fingerprint density at radius 2 is 1.88 bits per heavy atom. The van der Waals surface area contributed by atoms with E-state index in [9.17, 15) is 0 Å².